The molecular formula is C48H77N5O4. The molecule has 318 valence electrons. The number of nitrogens with zero attached hydrogens (tertiary/aromatic N) is 2. The SMILES string of the molecule is C=C(NC(/C=C(/C1CCN(CCCCN2C(=O)C3=CCCC=C3C2=O)CC1)C(C)C(C)C)=C/C)C(C)C.CC(C)C(=O)NC1=CCCC(C2CCNCC2)=C1.CO. The maximum absolute atomic E-state index is 12.6. The summed E-state index contributed by atoms with van der Waals surface area (Å²) in [7, 11) is 1.00. The lowest BCUT2D eigenvalue weighted by atomic mass is 9.77. The lowest BCUT2D eigenvalue weighted by Gasteiger charge is -2.36. The van der Waals surface area contributed by atoms with Gasteiger partial charge in [0.25, 0.3) is 11.8 Å². The summed E-state index contributed by atoms with van der Waals surface area (Å²) >= 11 is 0. The summed E-state index contributed by atoms with van der Waals surface area (Å²) < 4.78 is 0. The van der Waals surface area contributed by atoms with E-state index in [9.17, 15) is 14.4 Å². The van der Waals surface area contributed by atoms with E-state index >= 15 is 0 Å². The Balaban J connectivity index is 0.000000362. The number of carbonyl (C=O) groups excluding carboxylic acids is 3. The Labute approximate surface area is 345 Å². The zero-order valence-corrected chi connectivity index (χ0v) is 37.0. The summed E-state index contributed by atoms with van der Waals surface area (Å²) in [5.74, 6) is 2.82. The van der Waals surface area contributed by atoms with Crippen LogP contribution >= 0.6 is 0 Å². The van der Waals surface area contributed by atoms with Gasteiger partial charge in [-0.15, -0.1) is 0 Å². The number of fused-ring (bicyclic) bond motifs is 1. The van der Waals surface area contributed by atoms with E-state index in [2.05, 4.69) is 93.3 Å². The Kier molecular flexibility index (Phi) is 20.5. The predicted molar refractivity (Wildman–Crippen MR) is 236 cm³/mol. The molecule has 0 bridgehead atoms. The van der Waals surface area contributed by atoms with Crippen LogP contribution in [0.5, 0.6) is 0 Å². The minimum absolute atomic E-state index is 0.0450. The molecule has 3 saturated heterocycles. The Morgan fingerprint density at radius 2 is 1.47 bits per heavy atom. The minimum atomic E-state index is -0.0951. The highest BCUT2D eigenvalue weighted by Gasteiger charge is 2.38. The summed E-state index contributed by atoms with van der Waals surface area (Å²) in [5, 5.41) is 17.0. The normalized spacial score (nSPS) is 20.5. The number of rotatable bonds is 15. The van der Waals surface area contributed by atoms with Crippen molar-refractivity contribution in [1.82, 2.24) is 25.8 Å². The van der Waals surface area contributed by atoms with Crippen molar-refractivity contribution >= 4 is 17.7 Å². The van der Waals surface area contributed by atoms with Crippen molar-refractivity contribution in [2.75, 3.05) is 46.4 Å². The number of allylic oxidation sites excluding steroid dienone is 9. The third-order valence-corrected chi connectivity index (χ3v) is 12.2. The second-order valence-corrected chi connectivity index (χ2v) is 17.2. The molecule has 0 aromatic heterocycles. The van der Waals surface area contributed by atoms with Crippen LogP contribution in [0.1, 0.15) is 120 Å². The summed E-state index contributed by atoms with van der Waals surface area (Å²) in [4.78, 5) is 40.9. The number of unbranched alkanes of at least 4 members (excludes halogenated alkanes) is 1. The number of likely N-dealkylation sites (tertiary alicyclic amines) is 2. The highest BCUT2D eigenvalue weighted by atomic mass is 16.2. The summed E-state index contributed by atoms with van der Waals surface area (Å²) in [6.45, 7) is 27.5. The van der Waals surface area contributed by atoms with E-state index in [4.69, 9.17) is 5.11 Å². The van der Waals surface area contributed by atoms with E-state index in [1.54, 1.807) is 5.57 Å². The molecule has 0 spiro atoms. The lowest BCUT2D eigenvalue weighted by molar-refractivity contribution is -0.136. The molecule has 57 heavy (non-hydrogen) atoms. The third kappa shape index (κ3) is 14.4. The molecule has 1 atom stereocenters. The quantitative estimate of drug-likeness (QED) is 0.0750. The van der Waals surface area contributed by atoms with E-state index in [1.807, 2.05) is 26.0 Å². The van der Waals surface area contributed by atoms with Crippen LogP contribution in [-0.4, -0.2) is 79.0 Å². The highest BCUT2D eigenvalue weighted by Crippen LogP contribution is 2.35. The van der Waals surface area contributed by atoms with E-state index in [1.165, 1.54) is 36.2 Å². The highest BCUT2D eigenvalue weighted by molar-refractivity contribution is 6.24. The molecule has 0 radical (unpaired) electrons. The molecule has 9 heteroatoms. The van der Waals surface area contributed by atoms with Crippen LogP contribution in [0.3, 0.4) is 0 Å². The van der Waals surface area contributed by atoms with Crippen molar-refractivity contribution < 1.29 is 19.5 Å². The Morgan fingerprint density at radius 1 is 0.877 bits per heavy atom. The average Bonchev–Trinajstić information content (AvgIpc) is 3.47. The van der Waals surface area contributed by atoms with Crippen LogP contribution in [0.2, 0.25) is 0 Å². The third-order valence-electron chi connectivity index (χ3n) is 12.2. The zero-order chi connectivity index (χ0) is 42.1. The van der Waals surface area contributed by atoms with E-state index in [-0.39, 0.29) is 23.6 Å². The molecule has 0 aromatic rings. The van der Waals surface area contributed by atoms with Gasteiger partial charge in [-0.25, -0.2) is 0 Å². The number of amides is 3. The van der Waals surface area contributed by atoms with Gasteiger partial charge in [0.15, 0.2) is 0 Å². The molecule has 2 aliphatic carbocycles. The van der Waals surface area contributed by atoms with Crippen LogP contribution in [0.4, 0.5) is 0 Å². The minimum Gasteiger partial charge on any atom is -0.400 e. The predicted octanol–water partition coefficient (Wildman–Crippen LogP) is 8.35. The van der Waals surface area contributed by atoms with E-state index < -0.39 is 0 Å². The number of nitrogens with one attached hydrogen (secondary N) is 3. The number of hydrogen-bond acceptors (Lipinski definition) is 7. The molecule has 3 aliphatic heterocycles. The fourth-order valence-electron chi connectivity index (χ4n) is 8.08. The molecule has 5 aliphatic rings. The first-order valence-electron chi connectivity index (χ1n) is 22.0. The molecule has 5 rings (SSSR count). The Hall–Kier alpha value is -3.53. The number of carbonyl (C=O) groups is 3. The van der Waals surface area contributed by atoms with E-state index in [0.29, 0.717) is 47.3 Å². The number of piperidine rings is 2. The molecule has 0 aromatic carbocycles. The van der Waals surface area contributed by atoms with Crippen molar-refractivity contribution in [2.24, 2.45) is 35.5 Å². The second kappa shape index (κ2) is 24.4. The number of aliphatic hydroxyl groups excluding tert-OH is 1. The monoisotopic (exact) mass is 788 g/mol. The number of hydrogen-bond donors (Lipinski definition) is 4. The molecule has 1 unspecified atom stereocenters. The van der Waals surface area contributed by atoms with Gasteiger partial charge in [0.2, 0.25) is 5.91 Å². The average molecular weight is 788 g/mol. The number of imide groups is 1. The first kappa shape index (κ1) is 47.8. The van der Waals surface area contributed by atoms with Crippen molar-refractivity contribution in [3.63, 3.8) is 0 Å². The second-order valence-electron chi connectivity index (χ2n) is 17.2. The fourth-order valence-corrected chi connectivity index (χ4v) is 8.08. The van der Waals surface area contributed by atoms with Crippen molar-refractivity contribution in [3.05, 3.63) is 82.4 Å². The van der Waals surface area contributed by atoms with Gasteiger partial charge in [0.1, 0.15) is 0 Å². The van der Waals surface area contributed by atoms with Gasteiger partial charge in [-0.05, 0) is 146 Å². The van der Waals surface area contributed by atoms with Gasteiger partial charge < -0.3 is 26.0 Å². The summed E-state index contributed by atoms with van der Waals surface area (Å²) in [5.41, 5.74) is 7.56. The van der Waals surface area contributed by atoms with Gasteiger partial charge in [0.05, 0.1) is 0 Å². The fraction of sp³-hybridized carbons (Fsp3) is 0.646. The zero-order valence-electron chi connectivity index (χ0n) is 37.0. The molecule has 3 amide bonds. The number of aliphatic hydroxyl groups is 1. The summed E-state index contributed by atoms with van der Waals surface area (Å²) in [6.07, 6.45) is 23.4. The van der Waals surface area contributed by atoms with Crippen LogP contribution < -0.4 is 16.0 Å². The van der Waals surface area contributed by atoms with Gasteiger partial charge in [-0.2, -0.15) is 0 Å². The maximum atomic E-state index is 12.6. The smallest absolute Gasteiger partial charge is 0.261 e. The first-order valence-corrected chi connectivity index (χ1v) is 22.0. The molecule has 9 nitrogen and oxygen atoms in total. The van der Waals surface area contributed by atoms with Crippen molar-refractivity contribution in [3.8, 4) is 0 Å². The molecule has 4 N–H and O–H groups in total. The van der Waals surface area contributed by atoms with Crippen LogP contribution in [0, 0.1) is 35.5 Å². The molecule has 3 heterocycles. The summed E-state index contributed by atoms with van der Waals surface area (Å²) in [6, 6.07) is 0. The van der Waals surface area contributed by atoms with Gasteiger partial charge in [-0.1, -0.05) is 90.5 Å². The van der Waals surface area contributed by atoms with Crippen LogP contribution in [-0.2, 0) is 14.4 Å². The largest absolute Gasteiger partial charge is 0.400 e. The molecular weight excluding hydrogens is 711 g/mol. The van der Waals surface area contributed by atoms with Crippen molar-refractivity contribution in [1.29, 1.82) is 0 Å². The lowest BCUT2D eigenvalue weighted by Crippen LogP contribution is -2.36. The Bertz CT molecular complexity index is 1520. The molecule has 3 fully saturated rings. The van der Waals surface area contributed by atoms with Gasteiger partial charge >= 0.3 is 0 Å². The van der Waals surface area contributed by atoms with Crippen molar-refractivity contribution in [2.45, 2.75) is 120 Å². The standard InChI is InChI=1S/C32H49N3O2.C15H24N2O.CH4O/c1-8-27(33-25(7)23(4)5)21-30(24(6)22(2)3)26-15-19-34(20-16-26)17-11-12-18-35-31(36)28-13-9-10-14-29(28)32(35)37;1-11(2)15(18)17-14-5-3-4-13(10-14)12-6-8-16-9-7-12;1-2/h8,13-14,21-24,26,33H,7,9-12,15-20H2,1-6H3;5,10-12,16H,3-4,6-9H2,1-2H3,(H,17,18);2H,1H3/b27-8+,30-21+;;. The molecule has 0 saturated carbocycles. The maximum Gasteiger partial charge on any atom is 0.261 e. The van der Waals surface area contributed by atoms with E-state index in [0.717, 1.165) is 95.4 Å². The van der Waals surface area contributed by atoms with Crippen LogP contribution in [0.25, 0.3) is 0 Å². The van der Waals surface area contributed by atoms with Gasteiger partial charge in [-0.3, -0.25) is 19.3 Å². The van der Waals surface area contributed by atoms with Gasteiger partial charge in [0, 0.05) is 47.8 Å². The van der Waals surface area contributed by atoms with Crippen LogP contribution in [0.15, 0.2) is 82.4 Å². The Morgan fingerprint density at radius 3 is 2.02 bits per heavy atom. The topological polar surface area (TPSA) is 114 Å². The first-order chi connectivity index (χ1) is 27.3.